The number of hydrogen-bond acceptors (Lipinski definition) is 4. The fourth-order valence-electron chi connectivity index (χ4n) is 2.21. The minimum absolute atomic E-state index is 0.321. The molecule has 1 aromatic heterocycles. The molecule has 4 heteroatoms. The maximum absolute atomic E-state index is 4.13. The summed E-state index contributed by atoms with van der Waals surface area (Å²) < 4.78 is 4.06. The zero-order valence-corrected chi connectivity index (χ0v) is 12.6. The molecule has 1 atom stereocenters. The molecule has 0 fully saturated rings. The van der Waals surface area contributed by atoms with Gasteiger partial charge in [-0.15, -0.1) is 5.10 Å². The molecule has 0 aliphatic carbocycles. The first kappa shape index (κ1) is 14.2. The monoisotopic (exact) mass is 275 g/mol. The van der Waals surface area contributed by atoms with E-state index < -0.39 is 0 Å². The summed E-state index contributed by atoms with van der Waals surface area (Å²) in [5, 5.41) is 7.74. The fraction of sp³-hybridized carbons (Fsp3) is 0.467. The van der Waals surface area contributed by atoms with Crippen molar-refractivity contribution in [3.05, 3.63) is 46.0 Å². The molecule has 1 heterocycles. The number of aromatic nitrogens is 2. The van der Waals surface area contributed by atoms with Crippen LogP contribution in [0.1, 0.15) is 41.1 Å². The average Bonchev–Trinajstić information content (AvgIpc) is 2.81. The first-order chi connectivity index (χ1) is 9.20. The largest absolute Gasteiger partial charge is 0.309 e. The minimum atomic E-state index is 0.321. The Morgan fingerprint density at radius 3 is 2.79 bits per heavy atom. The Kier molecular flexibility index (Phi) is 5.05. The van der Waals surface area contributed by atoms with Gasteiger partial charge in [-0.3, -0.25) is 0 Å². The molecule has 1 unspecified atom stereocenters. The summed E-state index contributed by atoms with van der Waals surface area (Å²) in [5.41, 5.74) is 3.72. The van der Waals surface area contributed by atoms with Crippen LogP contribution in [-0.4, -0.2) is 16.1 Å². The van der Waals surface area contributed by atoms with Crippen molar-refractivity contribution in [2.24, 2.45) is 0 Å². The summed E-state index contributed by atoms with van der Waals surface area (Å²) in [6.07, 6.45) is 2.13. The van der Waals surface area contributed by atoms with E-state index >= 15 is 0 Å². The van der Waals surface area contributed by atoms with Crippen LogP contribution in [0.2, 0.25) is 0 Å². The number of nitrogens with zero attached hydrogens (tertiary/aromatic N) is 2. The summed E-state index contributed by atoms with van der Waals surface area (Å²) in [5.74, 6) is 0. The minimum Gasteiger partial charge on any atom is -0.309 e. The molecule has 0 saturated carbocycles. The maximum Gasteiger partial charge on any atom is 0.0772 e. The second-order valence-corrected chi connectivity index (χ2v) is 5.71. The third kappa shape index (κ3) is 3.85. The Hall–Kier alpha value is -1.26. The first-order valence-corrected chi connectivity index (χ1v) is 7.55. The molecule has 1 aromatic carbocycles. The van der Waals surface area contributed by atoms with Gasteiger partial charge in [0.1, 0.15) is 0 Å². The molecule has 0 aliphatic heterocycles. The van der Waals surface area contributed by atoms with Gasteiger partial charge >= 0.3 is 0 Å². The van der Waals surface area contributed by atoms with E-state index in [9.17, 15) is 0 Å². The SMILES string of the molecule is CCCNC(Cc1cccc(C)c1)c1snnc1C. The van der Waals surface area contributed by atoms with E-state index in [2.05, 4.69) is 53.0 Å². The molecule has 0 amide bonds. The fourth-order valence-corrected chi connectivity index (χ4v) is 2.93. The molecule has 3 nitrogen and oxygen atoms in total. The molecule has 2 aromatic rings. The van der Waals surface area contributed by atoms with E-state index in [0.717, 1.165) is 25.1 Å². The van der Waals surface area contributed by atoms with Crippen molar-refractivity contribution in [1.82, 2.24) is 14.9 Å². The van der Waals surface area contributed by atoms with E-state index in [-0.39, 0.29) is 0 Å². The van der Waals surface area contributed by atoms with Crippen LogP contribution in [0.4, 0.5) is 0 Å². The van der Waals surface area contributed by atoms with Crippen molar-refractivity contribution in [1.29, 1.82) is 0 Å². The number of rotatable bonds is 6. The highest BCUT2D eigenvalue weighted by molar-refractivity contribution is 7.05. The summed E-state index contributed by atoms with van der Waals surface area (Å²) in [7, 11) is 0. The van der Waals surface area contributed by atoms with Crippen LogP contribution in [-0.2, 0) is 6.42 Å². The van der Waals surface area contributed by atoms with E-state index in [1.165, 1.54) is 27.5 Å². The van der Waals surface area contributed by atoms with Gasteiger partial charge in [0.25, 0.3) is 0 Å². The highest BCUT2D eigenvalue weighted by Crippen LogP contribution is 2.24. The van der Waals surface area contributed by atoms with Crippen LogP contribution < -0.4 is 5.32 Å². The lowest BCUT2D eigenvalue weighted by atomic mass is 10.0. The smallest absolute Gasteiger partial charge is 0.0772 e. The zero-order chi connectivity index (χ0) is 13.7. The highest BCUT2D eigenvalue weighted by atomic mass is 32.1. The Labute approximate surface area is 119 Å². The molecular formula is C15H21N3S. The molecule has 2 rings (SSSR count). The van der Waals surface area contributed by atoms with Crippen molar-refractivity contribution in [2.75, 3.05) is 6.54 Å². The van der Waals surface area contributed by atoms with Crippen molar-refractivity contribution in [2.45, 2.75) is 39.7 Å². The highest BCUT2D eigenvalue weighted by Gasteiger charge is 2.17. The van der Waals surface area contributed by atoms with Gasteiger partial charge in [-0.1, -0.05) is 41.2 Å². The summed E-state index contributed by atoms with van der Waals surface area (Å²) in [6.45, 7) is 7.38. The van der Waals surface area contributed by atoms with Crippen molar-refractivity contribution in [3.8, 4) is 0 Å². The Morgan fingerprint density at radius 1 is 1.32 bits per heavy atom. The lowest BCUT2D eigenvalue weighted by Gasteiger charge is -2.17. The molecule has 0 spiro atoms. The van der Waals surface area contributed by atoms with Gasteiger partial charge in [0.15, 0.2) is 0 Å². The van der Waals surface area contributed by atoms with E-state index in [1.54, 1.807) is 0 Å². The van der Waals surface area contributed by atoms with Gasteiger partial charge in [-0.2, -0.15) is 0 Å². The molecule has 0 radical (unpaired) electrons. The normalized spacial score (nSPS) is 12.6. The van der Waals surface area contributed by atoms with Crippen LogP contribution in [0.3, 0.4) is 0 Å². The first-order valence-electron chi connectivity index (χ1n) is 6.78. The van der Waals surface area contributed by atoms with E-state index in [0.29, 0.717) is 6.04 Å². The van der Waals surface area contributed by atoms with Gasteiger partial charge in [0.2, 0.25) is 0 Å². The molecule has 0 aliphatic rings. The van der Waals surface area contributed by atoms with Gasteiger partial charge in [-0.05, 0) is 50.3 Å². The Balaban J connectivity index is 2.16. The van der Waals surface area contributed by atoms with Crippen molar-refractivity contribution >= 4 is 11.5 Å². The van der Waals surface area contributed by atoms with Crippen LogP contribution in [0.15, 0.2) is 24.3 Å². The van der Waals surface area contributed by atoms with Gasteiger partial charge < -0.3 is 5.32 Å². The molecule has 0 saturated heterocycles. The number of nitrogens with one attached hydrogen (secondary N) is 1. The topological polar surface area (TPSA) is 37.8 Å². The molecular weight excluding hydrogens is 254 g/mol. The van der Waals surface area contributed by atoms with Gasteiger partial charge in [0, 0.05) is 6.04 Å². The third-order valence-corrected chi connectivity index (χ3v) is 4.11. The van der Waals surface area contributed by atoms with E-state index in [1.807, 2.05) is 6.92 Å². The number of aryl methyl sites for hydroxylation is 2. The van der Waals surface area contributed by atoms with Crippen LogP contribution in [0.5, 0.6) is 0 Å². The van der Waals surface area contributed by atoms with Gasteiger partial charge in [0.05, 0.1) is 10.6 Å². The maximum atomic E-state index is 4.13. The van der Waals surface area contributed by atoms with E-state index in [4.69, 9.17) is 0 Å². The standard InChI is InChI=1S/C15H21N3S/c1-4-8-16-14(15-12(3)17-18-19-15)10-13-7-5-6-11(2)9-13/h5-7,9,14,16H,4,8,10H2,1-3H3. The zero-order valence-electron chi connectivity index (χ0n) is 11.8. The second kappa shape index (κ2) is 6.78. The lowest BCUT2D eigenvalue weighted by Crippen LogP contribution is -2.24. The summed E-state index contributed by atoms with van der Waals surface area (Å²) in [6, 6.07) is 9.03. The second-order valence-electron chi connectivity index (χ2n) is 4.92. The molecule has 0 bridgehead atoms. The van der Waals surface area contributed by atoms with Crippen LogP contribution in [0, 0.1) is 13.8 Å². The Bertz CT molecular complexity index is 522. The lowest BCUT2D eigenvalue weighted by molar-refractivity contribution is 0.533. The number of hydrogen-bond donors (Lipinski definition) is 1. The third-order valence-electron chi connectivity index (χ3n) is 3.17. The molecule has 19 heavy (non-hydrogen) atoms. The van der Waals surface area contributed by atoms with Crippen molar-refractivity contribution < 1.29 is 0 Å². The van der Waals surface area contributed by atoms with Gasteiger partial charge in [-0.25, -0.2) is 0 Å². The van der Waals surface area contributed by atoms with Crippen molar-refractivity contribution in [3.63, 3.8) is 0 Å². The Morgan fingerprint density at radius 2 is 2.16 bits per heavy atom. The average molecular weight is 275 g/mol. The number of benzene rings is 1. The van der Waals surface area contributed by atoms with Crippen LogP contribution in [0.25, 0.3) is 0 Å². The molecule has 102 valence electrons. The predicted molar refractivity (Wildman–Crippen MR) is 80.6 cm³/mol. The summed E-state index contributed by atoms with van der Waals surface area (Å²) >= 11 is 1.51. The summed E-state index contributed by atoms with van der Waals surface area (Å²) in [4.78, 5) is 1.26. The quantitative estimate of drug-likeness (QED) is 0.877. The predicted octanol–water partition coefficient (Wildman–Crippen LogP) is 3.44. The van der Waals surface area contributed by atoms with Crippen LogP contribution >= 0.6 is 11.5 Å². The molecule has 1 N–H and O–H groups in total.